The van der Waals surface area contributed by atoms with Gasteiger partial charge < -0.3 is 4.90 Å². The molecule has 5 nitrogen and oxygen atoms in total. The van der Waals surface area contributed by atoms with Crippen LogP contribution in [-0.2, 0) is 6.42 Å². The number of aldehydes is 1. The van der Waals surface area contributed by atoms with Gasteiger partial charge in [-0.25, -0.2) is 9.50 Å². The summed E-state index contributed by atoms with van der Waals surface area (Å²) in [5, 5.41) is 4.51. The van der Waals surface area contributed by atoms with Crippen LogP contribution in [0.3, 0.4) is 0 Å². The SMILES string of the molecule is CC(C)N1CCCC(Cc2nc3c(C=O)cccn3n2)C1. The van der Waals surface area contributed by atoms with Crippen molar-refractivity contribution in [3.8, 4) is 0 Å². The highest BCUT2D eigenvalue weighted by Crippen LogP contribution is 2.21. The lowest BCUT2D eigenvalue weighted by atomic mass is 9.94. The van der Waals surface area contributed by atoms with Crippen molar-refractivity contribution in [2.75, 3.05) is 13.1 Å². The van der Waals surface area contributed by atoms with Crippen LogP contribution < -0.4 is 0 Å². The minimum atomic E-state index is 0.600. The van der Waals surface area contributed by atoms with Gasteiger partial charge in [-0.2, -0.15) is 5.10 Å². The second kappa shape index (κ2) is 5.93. The van der Waals surface area contributed by atoms with Gasteiger partial charge in [-0.1, -0.05) is 0 Å². The first-order chi connectivity index (χ1) is 10.2. The maximum Gasteiger partial charge on any atom is 0.166 e. The van der Waals surface area contributed by atoms with E-state index in [1.807, 2.05) is 12.3 Å². The lowest BCUT2D eigenvalue weighted by Crippen LogP contribution is -2.40. The number of likely N-dealkylation sites (tertiary alicyclic amines) is 1. The molecule has 1 atom stereocenters. The van der Waals surface area contributed by atoms with Crippen molar-refractivity contribution >= 4 is 11.9 Å². The van der Waals surface area contributed by atoms with E-state index in [0.29, 0.717) is 23.2 Å². The monoisotopic (exact) mass is 286 g/mol. The van der Waals surface area contributed by atoms with Crippen LogP contribution in [0, 0.1) is 5.92 Å². The topological polar surface area (TPSA) is 50.5 Å². The van der Waals surface area contributed by atoms with E-state index in [1.165, 1.54) is 19.4 Å². The molecule has 1 unspecified atom stereocenters. The summed E-state index contributed by atoms with van der Waals surface area (Å²) in [6.45, 7) is 6.82. The fourth-order valence-electron chi connectivity index (χ4n) is 3.14. The molecule has 2 aromatic heterocycles. The van der Waals surface area contributed by atoms with Crippen molar-refractivity contribution in [2.45, 2.75) is 39.2 Å². The molecule has 0 spiro atoms. The molecule has 0 aromatic carbocycles. The molecule has 1 fully saturated rings. The first-order valence-electron chi connectivity index (χ1n) is 7.71. The first-order valence-corrected chi connectivity index (χ1v) is 7.71. The van der Waals surface area contributed by atoms with Gasteiger partial charge in [-0.3, -0.25) is 4.79 Å². The van der Waals surface area contributed by atoms with Gasteiger partial charge >= 0.3 is 0 Å². The van der Waals surface area contributed by atoms with Crippen molar-refractivity contribution in [1.82, 2.24) is 19.5 Å². The molecule has 0 N–H and O–H groups in total. The van der Waals surface area contributed by atoms with Gasteiger partial charge in [0.15, 0.2) is 17.8 Å². The van der Waals surface area contributed by atoms with Gasteiger partial charge in [0.1, 0.15) is 0 Å². The lowest BCUT2D eigenvalue weighted by Gasteiger charge is -2.35. The summed E-state index contributed by atoms with van der Waals surface area (Å²) in [4.78, 5) is 18.1. The summed E-state index contributed by atoms with van der Waals surface area (Å²) < 4.78 is 1.71. The standard InChI is InChI=1S/C16H22N4O/c1-12(2)19-7-3-5-13(10-19)9-15-17-16-14(11-21)6-4-8-20(16)18-15/h4,6,8,11-13H,3,5,7,9-10H2,1-2H3. The fourth-order valence-corrected chi connectivity index (χ4v) is 3.14. The van der Waals surface area contributed by atoms with E-state index in [-0.39, 0.29) is 0 Å². The Kier molecular flexibility index (Phi) is 4.01. The Morgan fingerprint density at radius 2 is 2.33 bits per heavy atom. The number of rotatable bonds is 4. The molecule has 1 aliphatic heterocycles. The maximum absolute atomic E-state index is 11.0. The van der Waals surface area contributed by atoms with Crippen LogP contribution in [0.25, 0.3) is 5.65 Å². The zero-order valence-corrected chi connectivity index (χ0v) is 12.7. The molecule has 1 saturated heterocycles. The average molecular weight is 286 g/mol. The average Bonchev–Trinajstić information content (AvgIpc) is 2.89. The highest BCUT2D eigenvalue weighted by Gasteiger charge is 2.23. The number of nitrogens with zero attached hydrogens (tertiary/aromatic N) is 4. The molecule has 3 heterocycles. The van der Waals surface area contributed by atoms with E-state index in [1.54, 1.807) is 10.6 Å². The zero-order valence-electron chi connectivity index (χ0n) is 12.7. The van der Waals surface area contributed by atoms with Crippen LogP contribution in [0.2, 0.25) is 0 Å². The molecule has 0 amide bonds. The van der Waals surface area contributed by atoms with E-state index in [0.717, 1.165) is 25.1 Å². The number of fused-ring (bicyclic) bond motifs is 1. The third kappa shape index (κ3) is 2.97. The van der Waals surface area contributed by atoms with Crippen LogP contribution in [0.1, 0.15) is 42.9 Å². The van der Waals surface area contributed by atoms with E-state index >= 15 is 0 Å². The number of aromatic nitrogens is 3. The van der Waals surface area contributed by atoms with Crippen molar-refractivity contribution < 1.29 is 4.79 Å². The summed E-state index contributed by atoms with van der Waals surface area (Å²) in [5.41, 5.74) is 1.27. The normalized spacial score (nSPS) is 20.2. The third-order valence-corrected chi connectivity index (χ3v) is 4.32. The molecular weight excluding hydrogens is 264 g/mol. The van der Waals surface area contributed by atoms with Gasteiger partial charge in [0, 0.05) is 25.2 Å². The Bertz CT molecular complexity index is 634. The summed E-state index contributed by atoms with van der Waals surface area (Å²) in [6.07, 6.45) is 6.06. The summed E-state index contributed by atoms with van der Waals surface area (Å²) in [7, 11) is 0. The molecule has 0 aliphatic carbocycles. The number of hydrogen-bond donors (Lipinski definition) is 0. The summed E-state index contributed by atoms with van der Waals surface area (Å²) in [5.74, 6) is 1.46. The molecule has 112 valence electrons. The van der Waals surface area contributed by atoms with Crippen LogP contribution in [0.15, 0.2) is 18.3 Å². The van der Waals surface area contributed by atoms with Crippen molar-refractivity contribution in [3.05, 3.63) is 29.7 Å². The minimum Gasteiger partial charge on any atom is -0.301 e. The van der Waals surface area contributed by atoms with Crippen molar-refractivity contribution in [3.63, 3.8) is 0 Å². The first kappa shape index (κ1) is 14.2. The van der Waals surface area contributed by atoms with E-state index < -0.39 is 0 Å². The van der Waals surface area contributed by atoms with Gasteiger partial charge in [-0.15, -0.1) is 0 Å². The molecule has 1 aliphatic rings. The van der Waals surface area contributed by atoms with E-state index in [4.69, 9.17) is 0 Å². The quantitative estimate of drug-likeness (QED) is 0.809. The van der Waals surface area contributed by atoms with Gasteiger partial charge in [0.2, 0.25) is 0 Å². The minimum absolute atomic E-state index is 0.600. The Balaban J connectivity index is 1.77. The number of piperidine rings is 1. The molecule has 0 bridgehead atoms. The molecule has 0 saturated carbocycles. The summed E-state index contributed by atoms with van der Waals surface area (Å²) >= 11 is 0. The van der Waals surface area contributed by atoms with Crippen LogP contribution in [-0.4, -0.2) is 44.9 Å². The molecular formula is C16H22N4O. The number of pyridine rings is 1. The van der Waals surface area contributed by atoms with Gasteiger partial charge in [-0.05, 0) is 51.3 Å². The van der Waals surface area contributed by atoms with E-state index in [9.17, 15) is 4.79 Å². The Labute approximate surface area is 125 Å². The zero-order chi connectivity index (χ0) is 14.8. The van der Waals surface area contributed by atoms with Crippen LogP contribution in [0.4, 0.5) is 0 Å². The van der Waals surface area contributed by atoms with Gasteiger partial charge in [0.25, 0.3) is 0 Å². The number of carbonyl (C=O) groups excluding carboxylic acids is 1. The fraction of sp³-hybridized carbons (Fsp3) is 0.562. The number of hydrogen-bond acceptors (Lipinski definition) is 4. The van der Waals surface area contributed by atoms with Crippen LogP contribution in [0.5, 0.6) is 0 Å². The Morgan fingerprint density at radius 3 is 3.10 bits per heavy atom. The predicted octanol–water partition coefficient (Wildman–Crippen LogP) is 2.20. The Hall–Kier alpha value is -1.75. The maximum atomic E-state index is 11.0. The van der Waals surface area contributed by atoms with Crippen molar-refractivity contribution in [1.29, 1.82) is 0 Å². The smallest absolute Gasteiger partial charge is 0.166 e. The Morgan fingerprint density at radius 1 is 1.48 bits per heavy atom. The predicted molar refractivity (Wildman–Crippen MR) is 81.5 cm³/mol. The molecule has 2 aromatic rings. The second-order valence-corrected chi connectivity index (χ2v) is 6.18. The number of carbonyl (C=O) groups is 1. The van der Waals surface area contributed by atoms with E-state index in [2.05, 4.69) is 28.8 Å². The molecule has 5 heteroatoms. The lowest BCUT2D eigenvalue weighted by molar-refractivity contribution is 0.112. The van der Waals surface area contributed by atoms with Gasteiger partial charge in [0.05, 0.1) is 5.56 Å². The molecule has 3 rings (SSSR count). The van der Waals surface area contributed by atoms with Crippen LogP contribution >= 0.6 is 0 Å². The highest BCUT2D eigenvalue weighted by atomic mass is 16.1. The third-order valence-electron chi connectivity index (χ3n) is 4.32. The van der Waals surface area contributed by atoms with Crippen molar-refractivity contribution in [2.24, 2.45) is 5.92 Å². The largest absolute Gasteiger partial charge is 0.301 e. The molecule has 0 radical (unpaired) electrons. The molecule has 21 heavy (non-hydrogen) atoms. The summed E-state index contributed by atoms with van der Waals surface area (Å²) in [6, 6.07) is 4.21. The highest BCUT2D eigenvalue weighted by molar-refractivity contribution is 5.83. The second-order valence-electron chi connectivity index (χ2n) is 6.18.